The Kier molecular flexibility index (Phi) is 5.86. The van der Waals surface area contributed by atoms with E-state index in [-0.39, 0.29) is 35.9 Å². The Labute approximate surface area is 177 Å². The van der Waals surface area contributed by atoms with Gasteiger partial charge in [-0.3, -0.25) is 14.9 Å². The molecule has 2 aliphatic rings. The maximum absolute atomic E-state index is 13.0. The van der Waals surface area contributed by atoms with E-state index in [9.17, 15) is 22.8 Å². The fourth-order valence-corrected chi connectivity index (χ4v) is 3.73. The highest BCUT2D eigenvalue weighted by molar-refractivity contribution is 5.90. The second-order valence-corrected chi connectivity index (χ2v) is 7.78. The van der Waals surface area contributed by atoms with Crippen molar-refractivity contribution in [1.29, 1.82) is 0 Å². The van der Waals surface area contributed by atoms with Crippen LogP contribution in [-0.4, -0.2) is 24.2 Å². The highest BCUT2D eigenvalue weighted by atomic mass is 19.4. The number of nitrogens with one attached hydrogen (secondary N) is 3. The van der Waals surface area contributed by atoms with Crippen LogP contribution in [0.25, 0.3) is 0 Å². The number of hydrogen-bond acceptors (Lipinski definition) is 4. The fraction of sp³-hybridized carbons (Fsp3) is 0.364. The van der Waals surface area contributed by atoms with Crippen LogP contribution < -0.4 is 20.7 Å². The Balaban J connectivity index is 1.44. The van der Waals surface area contributed by atoms with E-state index in [2.05, 4.69) is 20.7 Å². The summed E-state index contributed by atoms with van der Waals surface area (Å²) in [5, 5.41) is 8.97. The number of carbonyl (C=O) groups excluding carboxylic acids is 2. The van der Waals surface area contributed by atoms with E-state index in [1.54, 1.807) is 0 Å². The van der Waals surface area contributed by atoms with Crippen LogP contribution in [0, 0.1) is 5.92 Å². The molecule has 4 rings (SSSR count). The average Bonchev–Trinajstić information content (AvgIpc) is 3.57. The van der Waals surface area contributed by atoms with Crippen LogP contribution in [0.4, 0.5) is 13.2 Å². The first-order valence-corrected chi connectivity index (χ1v) is 10.0. The van der Waals surface area contributed by atoms with Crippen molar-refractivity contribution >= 4 is 11.8 Å². The van der Waals surface area contributed by atoms with Gasteiger partial charge in [0.05, 0.1) is 18.5 Å². The molecule has 2 unspecified atom stereocenters. The number of carbonyl (C=O) groups is 2. The van der Waals surface area contributed by atoms with Crippen molar-refractivity contribution in [2.45, 2.75) is 43.9 Å². The van der Waals surface area contributed by atoms with Crippen molar-refractivity contribution < 1.29 is 27.5 Å². The Bertz CT molecular complexity index is 931. The largest absolute Gasteiger partial charge is 0.573 e. The topological polar surface area (TPSA) is 79.5 Å². The second-order valence-electron chi connectivity index (χ2n) is 7.78. The molecule has 0 spiro atoms. The van der Waals surface area contributed by atoms with Gasteiger partial charge in [0.2, 0.25) is 11.8 Å². The lowest BCUT2D eigenvalue weighted by Gasteiger charge is -2.32. The van der Waals surface area contributed by atoms with Gasteiger partial charge in [-0.2, -0.15) is 0 Å². The van der Waals surface area contributed by atoms with Crippen LogP contribution in [0.15, 0.2) is 54.6 Å². The van der Waals surface area contributed by atoms with Crippen molar-refractivity contribution in [3.05, 3.63) is 65.7 Å². The molecular formula is C22H22F3N3O3. The minimum Gasteiger partial charge on any atom is -0.406 e. The molecule has 0 bridgehead atoms. The van der Waals surface area contributed by atoms with E-state index < -0.39 is 18.6 Å². The summed E-state index contributed by atoms with van der Waals surface area (Å²) >= 11 is 0. The lowest BCUT2D eigenvalue weighted by molar-refractivity contribution is -0.274. The molecule has 2 amide bonds. The van der Waals surface area contributed by atoms with E-state index >= 15 is 0 Å². The van der Waals surface area contributed by atoms with Crippen molar-refractivity contribution in [3.8, 4) is 5.75 Å². The maximum Gasteiger partial charge on any atom is 0.573 e. The minimum absolute atomic E-state index is 0.00488. The third-order valence-electron chi connectivity index (χ3n) is 5.38. The van der Waals surface area contributed by atoms with Gasteiger partial charge in [0.25, 0.3) is 0 Å². The van der Waals surface area contributed by atoms with Crippen LogP contribution in [0.5, 0.6) is 5.75 Å². The van der Waals surface area contributed by atoms with Gasteiger partial charge in [-0.1, -0.05) is 42.5 Å². The predicted octanol–water partition coefficient (Wildman–Crippen LogP) is 3.33. The minimum atomic E-state index is -4.76. The zero-order valence-corrected chi connectivity index (χ0v) is 16.5. The number of rotatable bonds is 6. The highest BCUT2D eigenvalue weighted by Crippen LogP contribution is 2.41. The summed E-state index contributed by atoms with van der Waals surface area (Å²) in [6, 6.07) is 13.8. The number of ether oxygens (including phenoxy) is 1. The summed E-state index contributed by atoms with van der Waals surface area (Å²) in [4.78, 5) is 25.1. The third kappa shape index (κ3) is 5.55. The quantitative estimate of drug-likeness (QED) is 0.653. The molecule has 2 aromatic carbocycles. The zero-order chi connectivity index (χ0) is 22.0. The summed E-state index contributed by atoms with van der Waals surface area (Å²) in [5.41, 5.74) is 1.54. The molecule has 31 heavy (non-hydrogen) atoms. The first-order valence-electron chi connectivity index (χ1n) is 10.0. The number of hydrogen-bond donors (Lipinski definition) is 3. The first-order chi connectivity index (χ1) is 14.8. The predicted molar refractivity (Wildman–Crippen MR) is 106 cm³/mol. The molecule has 1 saturated heterocycles. The molecule has 0 radical (unpaired) electrons. The van der Waals surface area contributed by atoms with Crippen LogP contribution in [0.1, 0.15) is 42.6 Å². The molecular weight excluding hydrogens is 411 g/mol. The second kappa shape index (κ2) is 8.58. The normalized spacial score (nSPS) is 22.4. The summed E-state index contributed by atoms with van der Waals surface area (Å²) in [6.45, 7) is 0. The van der Waals surface area contributed by atoms with Gasteiger partial charge >= 0.3 is 6.36 Å². The van der Waals surface area contributed by atoms with Crippen molar-refractivity contribution in [3.63, 3.8) is 0 Å². The van der Waals surface area contributed by atoms with Gasteiger partial charge in [0.1, 0.15) is 11.9 Å². The Morgan fingerprint density at radius 1 is 1.06 bits per heavy atom. The smallest absolute Gasteiger partial charge is 0.406 e. The number of halogens is 3. The van der Waals surface area contributed by atoms with Gasteiger partial charge in [-0.25, -0.2) is 0 Å². The molecule has 1 aliphatic carbocycles. The molecule has 1 aliphatic heterocycles. The van der Waals surface area contributed by atoms with Gasteiger partial charge in [0.15, 0.2) is 0 Å². The molecule has 2 fully saturated rings. The summed E-state index contributed by atoms with van der Waals surface area (Å²) in [7, 11) is 0. The van der Waals surface area contributed by atoms with E-state index in [0.717, 1.165) is 18.4 Å². The fourth-order valence-electron chi connectivity index (χ4n) is 3.73. The monoisotopic (exact) mass is 433 g/mol. The number of amides is 2. The van der Waals surface area contributed by atoms with Crippen LogP contribution in [-0.2, 0) is 9.59 Å². The molecule has 3 atom stereocenters. The standard InChI is InChI=1S/C22H22F3N3O3/c23-22(24,25)31-16-10-8-14(9-11-16)19(13-6-7-13)28-21(30)17-12-18(29)27-20(26-17)15-4-2-1-3-5-15/h1-5,8-11,13,17,19-20,26H,6-7,12H2,(H,27,29)(H,28,30)/t17?,19-,20?/m1/s1. The maximum atomic E-state index is 13.0. The van der Waals surface area contributed by atoms with E-state index in [1.165, 1.54) is 24.3 Å². The van der Waals surface area contributed by atoms with Gasteiger partial charge in [0, 0.05) is 0 Å². The molecule has 1 saturated carbocycles. The van der Waals surface area contributed by atoms with Gasteiger partial charge < -0.3 is 15.4 Å². The summed E-state index contributed by atoms with van der Waals surface area (Å²) in [6.07, 6.45) is -3.40. The molecule has 1 heterocycles. The third-order valence-corrected chi connectivity index (χ3v) is 5.38. The van der Waals surface area contributed by atoms with Crippen molar-refractivity contribution in [2.24, 2.45) is 5.92 Å². The summed E-state index contributed by atoms with van der Waals surface area (Å²) in [5.74, 6) is -0.651. The molecule has 3 N–H and O–H groups in total. The molecule has 6 nitrogen and oxygen atoms in total. The van der Waals surface area contributed by atoms with E-state index in [1.807, 2.05) is 30.3 Å². The number of benzene rings is 2. The average molecular weight is 433 g/mol. The number of alkyl halides is 3. The van der Waals surface area contributed by atoms with Crippen molar-refractivity contribution in [1.82, 2.24) is 16.0 Å². The molecule has 0 aromatic heterocycles. The Hall–Kier alpha value is -3.07. The molecule has 164 valence electrons. The van der Waals surface area contributed by atoms with E-state index in [0.29, 0.717) is 5.56 Å². The van der Waals surface area contributed by atoms with Gasteiger partial charge in [-0.15, -0.1) is 13.2 Å². The lowest BCUT2D eigenvalue weighted by Crippen LogP contribution is -2.56. The van der Waals surface area contributed by atoms with Crippen molar-refractivity contribution in [2.75, 3.05) is 0 Å². The highest BCUT2D eigenvalue weighted by Gasteiger charge is 2.37. The summed E-state index contributed by atoms with van der Waals surface area (Å²) < 4.78 is 41.1. The first kappa shape index (κ1) is 21.2. The molecule has 9 heteroatoms. The Morgan fingerprint density at radius 3 is 2.35 bits per heavy atom. The molecule has 2 aromatic rings. The van der Waals surface area contributed by atoms with Crippen LogP contribution in [0.3, 0.4) is 0 Å². The zero-order valence-electron chi connectivity index (χ0n) is 16.5. The Morgan fingerprint density at radius 2 is 1.74 bits per heavy atom. The lowest BCUT2D eigenvalue weighted by atomic mass is 10.0. The van der Waals surface area contributed by atoms with E-state index in [4.69, 9.17) is 0 Å². The SMILES string of the molecule is O=C1CC(C(=O)N[C@@H](c2ccc(OC(F)(F)F)cc2)C2CC2)NC(c2ccccc2)N1. The van der Waals surface area contributed by atoms with Crippen LogP contribution >= 0.6 is 0 Å². The van der Waals surface area contributed by atoms with Crippen LogP contribution in [0.2, 0.25) is 0 Å². The van der Waals surface area contributed by atoms with Gasteiger partial charge in [-0.05, 0) is 42.0 Å².